The summed E-state index contributed by atoms with van der Waals surface area (Å²) in [6.45, 7) is 4.39. The Labute approximate surface area is 84.7 Å². The van der Waals surface area contributed by atoms with Crippen molar-refractivity contribution in [1.29, 1.82) is 0 Å². The van der Waals surface area contributed by atoms with E-state index in [1.54, 1.807) is 0 Å². The Balaban J connectivity index is 0.000000845. The highest BCUT2D eigenvalue weighted by Crippen LogP contribution is 2.23. The van der Waals surface area contributed by atoms with Gasteiger partial charge in [0.05, 0.1) is 6.20 Å². The average Bonchev–Trinajstić information content (AvgIpc) is 2.53. The number of nitrogens with one attached hydrogen (secondary N) is 2. The van der Waals surface area contributed by atoms with Gasteiger partial charge in [-0.1, -0.05) is 0 Å². The normalized spacial score (nSPS) is 22.4. The Bertz CT molecular complexity index is 253. The van der Waals surface area contributed by atoms with Crippen molar-refractivity contribution in [1.82, 2.24) is 15.5 Å². The molecule has 1 atom stereocenters. The van der Waals surface area contributed by atoms with Crippen LogP contribution in [-0.4, -0.2) is 23.3 Å². The van der Waals surface area contributed by atoms with E-state index in [0.717, 1.165) is 6.54 Å². The Morgan fingerprint density at radius 1 is 1.54 bits per heavy atom. The van der Waals surface area contributed by atoms with Crippen LogP contribution in [0.4, 0.5) is 0 Å². The fourth-order valence-electron chi connectivity index (χ4n) is 1.87. The highest BCUT2D eigenvalue weighted by Gasteiger charge is 2.17. The summed E-state index contributed by atoms with van der Waals surface area (Å²) in [6, 6.07) is 0. The molecule has 74 valence electrons. The van der Waals surface area contributed by atoms with E-state index < -0.39 is 0 Å². The number of nitrogens with zero attached hydrogens (tertiary/aromatic N) is 1. The van der Waals surface area contributed by atoms with E-state index in [0.29, 0.717) is 5.92 Å². The van der Waals surface area contributed by atoms with Gasteiger partial charge in [-0.3, -0.25) is 5.10 Å². The standard InChI is InChI=1S/C9H15N3.ClH/c1-7-5-11-12-9(7)8-3-2-4-10-6-8;/h5,8,10H,2-4,6H2,1H3,(H,11,12);1H/t8-;/m1./s1. The molecule has 0 unspecified atom stereocenters. The van der Waals surface area contributed by atoms with Crippen LogP contribution in [0.2, 0.25) is 0 Å². The van der Waals surface area contributed by atoms with Crippen molar-refractivity contribution in [3.8, 4) is 0 Å². The molecule has 0 saturated carbocycles. The summed E-state index contributed by atoms with van der Waals surface area (Å²) in [6.07, 6.45) is 4.48. The molecule has 1 aromatic rings. The quantitative estimate of drug-likeness (QED) is 0.725. The molecule has 13 heavy (non-hydrogen) atoms. The zero-order valence-electron chi connectivity index (χ0n) is 7.84. The van der Waals surface area contributed by atoms with Crippen LogP contribution >= 0.6 is 12.4 Å². The number of hydrogen-bond donors (Lipinski definition) is 2. The van der Waals surface area contributed by atoms with Gasteiger partial charge in [0.2, 0.25) is 0 Å². The number of aryl methyl sites for hydroxylation is 1. The van der Waals surface area contributed by atoms with Crippen LogP contribution in [0.15, 0.2) is 6.20 Å². The molecule has 2 heterocycles. The Hall–Kier alpha value is -0.540. The van der Waals surface area contributed by atoms with Crippen LogP contribution in [0.3, 0.4) is 0 Å². The molecule has 0 bridgehead atoms. The van der Waals surface area contributed by atoms with E-state index in [-0.39, 0.29) is 12.4 Å². The average molecular weight is 202 g/mol. The molecule has 0 spiro atoms. The van der Waals surface area contributed by atoms with Crippen molar-refractivity contribution in [3.63, 3.8) is 0 Å². The van der Waals surface area contributed by atoms with E-state index in [9.17, 15) is 0 Å². The first-order valence-corrected chi connectivity index (χ1v) is 4.58. The van der Waals surface area contributed by atoms with Crippen LogP contribution < -0.4 is 5.32 Å². The third-order valence-electron chi connectivity index (χ3n) is 2.57. The Kier molecular flexibility index (Phi) is 3.75. The minimum atomic E-state index is 0. The summed E-state index contributed by atoms with van der Waals surface area (Å²) in [5.41, 5.74) is 2.62. The lowest BCUT2D eigenvalue weighted by Gasteiger charge is -2.21. The van der Waals surface area contributed by atoms with Gasteiger partial charge in [0.15, 0.2) is 0 Å². The first-order chi connectivity index (χ1) is 5.88. The molecule has 0 aromatic carbocycles. The third-order valence-corrected chi connectivity index (χ3v) is 2.57. The topological polar surface area (TPSA) is 40.7 Å². The van der Waals surface area contributed by atoms with Gasteiger partial charge in [0.1, 0.15) is 0 Å². The molecular weight excluding hydrogens is 186 g/mol. The predicted molar refractivity (Wildman–Crippen MR) is 55.4 cm³/mol. The van der Waals surface area contributed by atoms with Gasteiger partial charge >= 0.3 is 0 Å². The fourth-order valence-corrected chi connectivity index (χ4v) is 1.87. The molecule has 0 radical (unpaired) electrons. The van der Waals surface area contributed by atoms with Crippen LogP contribution in [0, 0.1) is 6.92 Å². The van der Waals surface area contributed by atoms with Gasteiger partial charge in [-0.05, 0) is 31.9 Å². The van der Waals surface area contributed by atoms with E-state index in [1.165, 1.54) is 30.6 Å². The number of H-pyrrole nitrogens is 1. The predicted octanol–water partition coefficient (Wildman–Crippen LogP) is 1.61. The molecule has 1 aromatic heterocycles. The molecule has 2 rings (SSSR count). The molecule has 1 aliphatic heterocycles. The summed E-state index contributed by atoms with van der Waals surface area (Å²) in [4.78, 5) is 0. The maximum Gasteiger partial charge on any atom is 0.0519 e. The second-order valence-electron chi connectivity index (χ2n) is 3.51. The van der Waals surface area contributed by atoms with Crippen molar-refractivity contribution in [2.24, 2.45) is 0 Å². The molecule has 0 amide bonds. The van der Waals surface area contributed by atoms with Crippen molar-refractivity contribution >= 4 is 12.4 Å². The molecule has 1 saturated heterocycles. The van der Waals surface area contributed by atoms with Crippen LogP contribution in [-0.2, 0) is 0 Å². The maximum atomic E-state index is 4.04. The summed E-state index contributed by atoms with van der Waals surface area (Å²) >= 11 is 0. The summed E-state index contributed by atoms with van der Waals surface area (Å²) in [5.74, 6) is 0.654. The minimum absolute atomic E-state index is 0. The van der Waals surface area contributed by atoms with Gasteiger partial charge in [-0.25, -0.2) is 0 Å². The van der Waals surface area contributed by atoms with Crippen molar-refractivity contribution in [3.05, 3.63) is 17.5 Å². The van der Waals surface area contributed by atoms with Gasteiger partial charge in [-0.2, -0.15) is 5.10 Å². The third kappa shape index (κ3) is 2.23. The zero-order chi connectivity index (χ0) is 8.39. The van der Waals surface area contributed by atoms with Gasteiger partial charge in [0, 0.05) is 18.2 Å². The SMILES string of the molecule is Cc1cn[nH]c1[C@@H]1CCCNC1.Cl. The van der Waals surface area contributed by atoms with E-state index in [2.05, 4.69) is 22.4 Å². The van der Waals surface area contributed by atoms with Crippen LogP contribution in [0.25, 0.3) is 0 Å². The molecule has 1 fully saturated rings. The van der Waals surface area contributed by atoms with Crippen molar-refractivity contribution in [2.75, 3.05) is 13.1 Å². The largest absolute Gasteiger partial charge is 0.316 e. The van der Waals surface area contributed by atoms with Crippen LogP contribution in [0.1, 0.15) is 30.0 Å². The summed E-state index contributed by atoms with van der Waals surface area (Å²) in [5, 5.41) is 10.5. The van der Waals surface area contributed by atoms with Crippen molar-refractivity contribution < 1.29 is 0 Å². The Morgan fingerprint density at radius 2 is 2.38 bits per heavy atom. The van der Waals surface area contributed by atoms with E-state index >= 15 is 0 Å². The monoisotopic (exact) mass is 201 g/mol. The second kappa shape index (κ2) is 4.63. The second-order valence-corrected chi connectivity index (χ2v) is 3.51. The fraction of sp³-hybridized carbons (Fsp3) is 0.667. The molecule has 1 aliphatic rings. The number of piperidine rings is 1. The number of halogens is 1. The van der Waals surface area contributed by atoms with Crippen molar-refractivity contribution in [2.45, 2.75) is 25.7 Å². The highest BCUT2D eigenvalue weighted by atomic mass is 35.5. The summed E-state index contributed by atoms with van der Waals surface area (Å²) < 4.78 is 0. The number of rotatable bonds is 1. The number of aromatic nitrogens is 2. The summed E-state index contributed by atoms with van der Waals surface area (Å²) in [7, 11) is 0. The number of aromatic amines is 1. The molecule has 0 aliphatic carbocycles. The Morgan fingerprint density at radius 3 is 2.92 bits per heavy atom. The smallest absolute Gasteiger partial charge is 0.0519 e. The van der Waals surface area contributed by atoms with Gasteiger partial charge in [-0.15, -0.1) is 12.4 Å². The molecule has 4 heteroatoms. The minimum Gasteiger partial charge on any atom is -0.316 e. The first-order valence-electron chi connectivity index (χ1n) is 4.58. The molecular formula is C9H16ClN3. The molecule has 2 N–H and O–H groups in total. The highest BCUT2D eigenvalue weighted by molar-refractivity contribution is 5.85. The first kappa shape index (κ1) is 10.5. The lowest BCUT2D eigenvalue weighted by Crippen LogP contribution is -2.28. The van der Waals surface area contributed by atoms with E-state index in [4.69, 9.17) is 0 Å². The molecule has 3 nitrogen and oxygen atoms in total. The van der Waals surface area contributed by atoms with Gasteiger partial charge in [0.25, 0.3) is 0 Å². The van der Waals surface area contributed by atoms with Gasteiger partial charge < -0.3 is 5.32 Å². The maximum absolute atomic E-state index is 4.04. The lowest BCUT2D eigenvalue weighted by atomic mass is 9.94. The number of hydrogen-bond acceptors (Lipinski definition) is 2. The lowest BCUT2D eigenvalue weighted by molar-refractivity contribution is 0.453. The van der Waals surface area contributed by atoms with Crippen LogP contribution in [0.5, 0.6) is 0 Å². The zero-order valence-corrected chi connectivity index (χ0v) is 8.66. The van der Waals surface area contributed by atoms with E-state index in [1.807, 2.05) is 6.20 Å².